The lowest BCUT2D eigenvalue weighted by atomic mass is 9.83. The molecule has 0 aliphatic heterocycles. The third-order valence-corrected chi connectivity index (χ3v) is 5.68. The molecule has 110 valence electrons. The van der Waals surface area contributed by atoms with Gasteiger partial charge < -0.3 is 0 Å². The summed E-state index contributed by atoms with van der Waals surface area (Å²) in [4.78, 5) is 0. The number of hydrazine groups is 1. The maximum absolute atomic E-state index is 5.83. The van der Waals surface area contributed by atoms with E-state index >= 15 is 0 Å². The molecule has 0 radical (unpaired) electrons. The number of hydrogen-bond donors (Lipinski definition) is 2. The molecule has 0 saturated heterocycles. The summed E-state index contributed by atoms with van der Waals surface area (Å²) in [6.45, 7) is 4.38. The van der Waals surface area contributed by atoms with E-state index in [0.29, 0.717) is 6.04 Å². The van der Waals surface area contributed by atoms with Gasteiger partial charge in [-0.3, -0.25) is 11.3 Å². The fourth-order valence-corrected chi connectivity index (χ4v) is 4.53. The molecule has 1 aromatic carbocycles. The van der Waals surface area contributed by atoms with Crippen molar-refractivity contribution in [3.8, 4) is 0 Å². The molecule has 2 bridgehead atoms. The van der Waals surface area contributed by atoms with Crippen molar-refractivity contribution in [3.63, 3.8) is 0 Å². The van der Waals surface area contributed by atoms with Gasteiger partial charge in [0.05, 0.1) is 0 Å². The molecule has 1 aromatic rings. The summed E-state index contributed by atoms with van der Waals surface area (Å²) in [6.07, 6.45) is 8.22. The Bertz CT molecular complexity index is 468. The van der Waals surface area contributed by atoms with E-state index in [9.17, 15) is 0 Å². The van der Waals surface area contributed by atoms with Gasteiger partial charge in [-0.1, -0.05) is 30.2 Å². The number of nitrogens with one attached hydrogen (secondary N) is 1. The van der Waals surface area contributed by atoms with Crippen LogP contribution in [0.1, 0.15) is 48.8 Å². The van der Waals surface area contributed by atoms with E-state index in [1.54, 1.807) is 0 Å². The van der Waals surface area contributed by atoms with Crippen molar-refractivity contribution in [2.45, 2.75) is 58.4 Å². The van der Waals surface area contributed by atoms with Gasteiger partial charge in [0, 0.05) is 6.04 Å². The monoisotopic (exact) mass is 272 g/mol. The number of rotatable bonds is 5. The van der Waals surface area contributed by atoms with E-state index in [4.69, 9.17) is 5.84 Å². The molecule has 2 heteroatoms. The second-order valence-corrected chi connectivity index (χ2v) is 7.17. The van der Waals surface area contributed by atoms with Gasteiger partial charge in [-0.2, -0.15) is 0 Å². The fourth-order valence-electron chi connectivity index (χ4n) is 4.53. The second-order valence-electron chi connectivity index (χ2n) is 7.17. The van der Waals surface area contributed by atoms with E-state index in [1.807, 2.05) is 0 Å². The minimum Gasteiger partial charge on any atom is -0.271 e. The van der Waals surface area contributed by atoms with Crippen molar-refractivity contribution < 1.29 is 0 Å². The highest BCUT2D eigenvalue weighted by molar-refractivity contribution is 5.31. The van der Waals surface area contributed by atoms with E-state index in [0.717, 1.165) is 24.2 Å². The molecule has 0 aromatic heterocycles. The van der Waals surface area contributed by atoms with E-state index < -0.39 is 0 Å². The van der Waals surface area contributed by atoms with Crippen LogP contribution in [-0.2, 0) is 6.42 Å². The molecule has 3 N–H and O–H groups in total. The zero-order chi connectivity index (χ0) is 14.1. The molecule has 4 atom stereocenters. The Morgan fingerprint density at radius 2 is 2.10 bits per heavy atom. The molecule has 0 heterocycles. The lowest BCUT2D eigenvalue weighted by molar-refractivity contribution is 0.277. The van der Waals surface area contributed by atoms with Crippen molar-refractivity contribution in [1.29, 1.82) is 0 Å². The lowest BCUT2D eigenvalue weighted by Gasteiger charge is -2.27. The van der Waals surface area contributed by atoms with Crippen molar-refractivity contribution in [3.05, 3.63) is 34.9 Å². The van der Waals surface area contributed by atoms with Crippen LogP contribution in [0.15, 0.2) is 18.2 Å². The average molecular weight is 272 g/mol. The number of hydrogen-bond acceptors (Lipinski definition) is 2. The Labute approximate surface area is 123 Å². The van der Waals surface area contributed by atoms with Crippen LogP contribution in [0.4, 0.5) is 0 Å². The van der Waals surface area contributed by atoms with Crippen LogP contribution >= 0.6 is 0 Å². The summed E-state index contributed by atoms with van der Waals surface area (Å²) in [5.74, 6) is 8.78. The smallest absolute Gasteiger partial charge is 0.0253 e. The largest absolute Gasteiger partial charge is 0.271 e. The highest BCUT2D eigenvalue weighted by Gasteiger charge is 2.39. The van der Waals surface area contributed by atoms with Gasteiger partial charge in [0.2, 0.25) is 0 Å². The van der Waals surface area contributed by atoms with Crippen LogP contribution in [0, 0.1) is 31.6 Å². The van der Waals surface area contributed by atoms with E-state index in [1.165, 1.54) is 48.8 Å². The first kappa shape index (κ1) is 14.1. The molecule has 0 spiro atoms. The maximum atomic E-state index is 5.83. The highest BCUT2D eigenvalue weighted by atomic mass is 15.2. The average Bonchev–Trinajstić information content (AvgIpc) is 3.04. The van der Waals surface area contributed by atoms with Crippen LogP contribution in [0.25, 0.3) is 0 Å². The number of fused-ring (bicyclic) bond motifs is 2. The van der Waals surface area contributed by atoms with Gasteiger partial charge in [0.15, 0.2) is 0 Å². The maximum Gasteiger partial charge on any atom is 0.0253 e. The minimum absolute atomic E-state index is 0.430. The summed E-state index contributed by atoms with van der Waals surface area (Å²) < 4.78 is 0. The van der Waals surface area contributed by atoms with Crippen molar-refractivity contribution in [1.82, 2.24) is 5.43 Å². The zero-order valence-electron chi connectivity index (χ0n) is 12.9. The molecule has 20 heavy (non-hydrogen) atoms. The Morgan fingerprint density at radius 3 is 2.75 bits per heavy atom. The summed E-state index contributed by atoms with van der Waals surface area (Å²) >= 11 is 0. The molecular weight excluding hydrogens is 244 g/mol. The zero-order valence-corrected chi connectivity index (χ0v) is 12.9. The lowest BCUT2D eigenvalue weighted by Crippen LogP contribution is -2.39. The standard InChI is InChI=1S/C18H28N2/c1-12-3-4-13(2)16(7-12)10-18(20-19)11-17-9-14-5-6-15(17)8-14/h3-4,7,14-15,17-18,20H,5-6,8-11,19H2,1-2H3. The molecule has 0 amide bonds. The van der Waals surface area contributed by atoms with Crippen LogP contribution in [-0.4, -0.2) is 6.04 Å². The molecule has 2 nitrogen and oxygen atoms in total. The third-order valence-electron chi connectivity index (χ3n) is 5.68. The summed E-state index contributed by atoms with van der Waals surface area (Å²) in [5.41, 5.74) is 7.28. The van der Waals surface area contributed by atoms with E-state index in [2.05, 4.69) is 37.5 Å². The highest BCUT2D eigenvalue weighted by Crippen LogP contribution is 2.49. The van der Waals surface area contributed by atoms with Gasteiger partial charge in [-0.25, -0.2) is 0 Å². The minimum atomic E-state index is 0.430. The van der Waals surface area contributed by atoms with Gasteiger partial charge in [-0.05, 0) is 74.8 Å². The molecule has 3 rings (SSSR count). The molecule has 2 fully saturated rings. The summed E-state index contributed by atoms with van der Waals surface area (Å²) in [6, 6.07) is 7.18. The topological polar surface area (TPSA) is 38.0 Å². The van der Waals surface area contributed by atoms with Crippen LogP contribution in [0.5, 0.6) is 0 Å². The molecule has 4 unspecified atom stereocenters. The van der Waals surface area contributed by atoms with Gasteiger partial charge in [-0.15, -0.1) is 0 Å². The number of aryl methyl sites for hydroxylation is 2. The first-order chi connectivity index (χ1) is 9.65. The van der Waals surface area contributed by atoms with Crippen LogP contribution in [0.3, 0.4) is 0 Å². The number of benzene rings is 1. The van der Waals surface area contributed by atoms with Crippen molar-refractivity contribution >= 4 is 0 Å². The summed E-state index contributed by atoms with van der Waals surface area (Å²) in [5, 5.41) is 0. The second kappa shape index (κ2) is 5.87. The third kappa shape index (κ3) is 2.91. The molecule has 2 saturated carbocycles. The quantitative estimate of drug-likeness (QED) is 0.636. The Hall–Kier alpha value is -0.860. The number of nitrogens with two attached hydrogens (primary N) is 1. The summed E-state index contributed by atoms with van der Waals surface area (Å²) in [7, 11) is 0. The normalized spacial score (nSPS) is 29.9. The Kier molecular flexibility index (Phi) is 4.13. The van der Waals surface area contributed by atoms with Gasteiger partial charge in [0.25, 0.3) is 0 Å². The van der Waals surface area contributed by atoms with Crippen LogP contribution in [0.2, 0.25) is 0 Å². The Morgan fingerprint density at radius 1 is 1.25 bits per heavy atom. The SMILES string of the molecule is Cc1ccc(C)c(CC(CC2CC3CCC2C3)NN)c1. The molecule has 2 aliphatic rings. The van der Waals surface area contributed by atoms with Crippen molar-refractivity contribution in [2.24, 2.45) is 23.6 Å². The predicted molar refractivity (Wildman–Crippen MR) is 84.3 cm³/mol. The van der Waals surface area contributed by atoms with E-state index in [-0.39, 0.29) is 0 Å². The molecular formula is C18H28N2. The van der Waals surface area contributed by atoms with Crippen molar-refractivity contribution in [2.75, 3.05) is 0 Å². The molecule has 2 aliphatic carbocycles. The first-order valence-electron chi connectivity index (χ1n) is 8.18. The van der Waals surface area contributed by atoms with Gasteiger partial charge in [0.1, 0.15) is 0 Å². The van der Waals surface area contributed by atoms with Crippen LogP contribution < -0.4 is 11.3 Å². The first-order valence-corrected chi connectivity index (χ1v) is 8.18. The fraction of sp³-hybridized carbons (Fsp3) is 0.667. The van der Waals surface area contributed by atoms with Gasteiger partial charge >= 0.3 is 0 Å². The predicted octanol–water partition coefficient (Wildman–Crippen LogP) is 3.50. The Balaban J connectivity index is 1.63.